The van der Waals surface area contributed by atoms with E-state index in [0.717, 1.165) is 10.9 Å². The summed E-state index contributed by atoms with van der Waals surface area (Å²) in [4.78, 5) is 24.7. The Morgan fingerprint density at radius 1 is 1.03 bits per heavy atom. The molecule has 0 saturated carbocycles. The van der Waals surface area contributed by atoms with Crippen LogP contribution >= 0.6 is 0 Å². The van der Waals surface area contributed by atoms with Crippen LogP contribution in [0.2, 0.25) is 0 Å². The molecule has 1 aromatic heterocycles. The van der Waals surface area contributed by atoms with E-state index in [1.165, 1.54) is 43.3 Å². The normalized spacial score (nSPS) is 12.7. The molecular weight excluding hydrogens is 499 g/mol. The van der Waals surface area contributed by atoms with Crippen LogP contribution in [0.5, 0.6) is 0 Å². The predicted molar refractivity (Wildman–Crippen MR) is 125 cm³/mol. The summed E-state index contributed by atoms with van der Waals surface area (Å²) in [5.74, 6) is -1.22. The van der Waals surface area contributed by atoms with E-state index in [0.29, 0.717) is 17.2 Å². The summed E-state index contributed by atoms with van der Waals surface area (Å²) < 4.78 is 64.2. The summed E-state index contributed by atoms with van der Waals surface area (Å²) in [7, 11) is -3.39. The monoisotopic (exact) mass is 523 g/mol. The van der Waals surface area contributed by atoms with E-state index in [1.54, 1.807) is 12.1 Å². The summed E-state index contributed by atoms with van der Waals surface area (Å²) in [6, 6.07) is 11.8. The van der Waals surface area contributed by atoms with Crippen molar-refractivity contribution in [3.8, 4) is 5.69 Å². The zero-order valence-corrected chi connectivity index (χ0v) is 20.2. The Morgan fingerprint density at radius 3 is 2.25 bits per heavy atom. The number of nitrogens with one attached hydrogen (secondary N) is 2. The average molecular weight is 524 g/mol. The number of hydrogen-bond acceptors (Lipinski definition) is 6. The quantitative estimate of drug-likeness (QED) is 0.414. The Kier molecular flexibility index (Phi) is 7.84. The molecule has 0 saturated heterocycles. The number of carbonyl (C=O) groups excluding carboxylic acids is 2. The molecule has 0 aliphatic carbocycles. The number of benzene rings is 2. The fourth-order valence-electron chi connectivity index (χ4n) is 3.15. The molecular formula is C23H24F3N5O4S. The molecule has 2 aromatic carbocycles. The van der Waals surface area contributed by atoms with Gasteiger partial charge in [0.1, 0.15) is 5.69 Å². The summed E-state index contributed by atoms with van der Waals surface area (Å²) in [6.07, 6.45) is -3.73. The van der Waals surface area contributed by atoms with Gasteiger partial charge in [-0.1, -0.05) is 24.3 Å². The number of nitrogens with two attached hydrogens (primary N) is 1. The number of aromatic nitrogens is 2. The largest absolute Gasteiger partial charge is 0.435 e. The first-order valence-corrected chi connectivity index (χ1v) is 12.5. The highest BCUT2D eigenvalue weighted by Gasteiger charge is 2.36. The van der Waals surface area contributed by atoms with Gasteiger partial charge in [0, 0.05) is 25.4 Å². The van der Waals surface area contributed by atoms with Crippen molar-refractivity contribution >= 4 is 21.7 Å². The van der Waals surface area contributed by atoms with Crippen LogP contribution in [0.15, 0.2) is 59.5 Å². The Morgan fingerprint density at radius 2 is 1.67 bits per heavy atom. The third kappa shape index (κ3) is 6.70. The second kappa shape index (κ2) is 10.5. The maximum atomic E-state index is 13.4. The molecule has 0 fully saturated rings. The summed E-state index contributed by atoms with van der Waals surface area (Å²) >= 11 is 0. The van der Waals surface area contributed by atoms with Crippen molar-refractivity contribution in [1.82, 2.24) is 20.4 Å². The van der Waals surface area contributed by atoms with Crippen LogP contribution in [0.25, 0.3) is 5.69 Å². The molecule has 0 unspecified atom stereocenters. The Balaban J connectivity index is 1.85. The minimum Gasteiger partial charge on any atom is -0.351 e. The molecule has 0 aliphatic rings. The van der Waals surface area contributed by atoms with E-state index in [9.17, 15) is 31.2 Å². The van der Waals surface area contributed by atoms with Gasteiger partial charge in [-0.15, -0.1) is 0 Å². The zero-order chi connectivity index (χ0) is 26.7. The van der Waals surface area contributed by atoms with Crippen molar-refractivity contribution in [2.24, 2.45) is 5.73 Å². The number of alkyl halides is 3. The third-order valence-electron chi connectivity index (χ3n) is 5.07. The van der Waals surface area contributed by atoms with Gasteiger partial charge in [0.25, 0.3) is 5.91 Å². The molecule has 192 valence electrons. The molecule has 1 heterocycles. The van der Waals surface area contributed by atoms with Gasteiger partial charge in [-0.05, 0) is 42.3 Å². The summed E-state index contributed by atoms with van der Waals surface area (Å²) in [5, 5.41) is 8.72. The minimum atomic E-state index is -4.79. The molecule has 36 heavy (non-hydrogen) atoms. The number of rotatable bonds is 8. The van der Waals surface area contributed by atoms with Crippen LogP contribution in [0, 0.1) is 0 Å². The Bertz CT molecular complexity index is 1370. The van der Waals surface area contributed by atoms with E-state index in [1.807, 2.05) is 0 Å². The molecule has 1 atom stereocenters. The number of amides is 2. The molecule has 2 amide bonds. The number of sulfone groups is 1. The average Bonchev–Trinajstić information content (AvgIpc) is 3.27. The van der Waals surface area contributed by atoms with Crippen LogP contribution in [0.1, 0.15) is 34.2 Å². The van der Waals surface area contributed by atoms with Crippen molar-refractivity contribution in [3.05, 3.63) is 77.1 Å². The highest BCUT2D eigenvalue weighted by atomic mass is 32.2. The van der Waals surface area contributed by atoms with Gasteiger partial charge in [0.15, 0.2) is 15.5 Å². The third-order valence-corrected chi connectivity index (χ3v) is 6.20. The van der Waals surface area contributed by atoms with E-state index >= 15 is 0 Å². The van der Waals surface area contributed by atoms with Gasteiger partial charge in [0.05, 0.1) is 16.6 Å². The fraction of sp³-hybridized carbons (Fsp3) is 0.261. The molecule has 9 nitrogen and oxygen atoms in total. The van der Waals surface area contributed by atoms with Gasteiger partial charge in [-0.25, -0.2) is 13.1 Å². The Hall–Kier alpha value is -3.71. The standard InChI is InChI=1S/C23H24F3N5O4S/c1-14(27)21(32)28-13-16-4-3-5-17(10-16)31-19(11-20(30-31)23(24,25)26)22(33)29-12-15-6-8-18(9-7-15)36(2,34)35/h3-11,14H,12-13,27H2,1-2H3,(H,28,32)(H,29,33)/t14-/m0/s1. The van der Waals surface area contributed by atoms with Crippen LogP contribution in [0.3, 0.4) is 0 Å². The number of hydrogen-bond donors (Lipinski definition) is 3. The maximum absolute atomic E-state index is 13.4. The van der Waals surface area contributed by atoms with Crippen molar-refractivity contribution in [2.75, 3.05) is 6.26 Å². The van der Waals surface area contributed by atoms with Gasteiger partial charge in [-0.3, -0.25) is 9.59 Å². The Labute approximate surface area is 205 Å². The molecule has 4 N–H and O–H groups in total. The molecule has 0 aliphatic heterocycles. The lowest BCUT2D eigenvalue weighted by molar-refractivity contribution is -0.141. The molecule has 0 bridgehead atoms. The van der Waals surface area contributed by atoms with Crippen molar-refractivity contribution in [3.63, 3.8) is 0 Å². The lowest BCUT2D eigenvalue weighted by Crippen LogP contribution is -2.37. The topological polar surface area (TPSA) is 136 Å². The number of carbonyl (C=O) groups is 2. The molecule has 0 spiro atoms. The molecule has 3 aromatic rings. The van der Waals surface area contributed by atoms with E-state index in [2.05, 4.69) is 15.7 Å². The minimum absolute atomic E-state index is 0.0568. The zero-order valence-electron chi connectivity index (χ0n) is 19.3. The first-order valence-electron chi connectivity index (χ1n) is 10.6. The maximum Gasteiger partial charge on any atom is 0.435 e. The van der Waals surface area contributed by atoms with E-state index in [4.69, 9.17) is 5.73 Å². The van der Waals surface area contributed by atoms with Gasteiger partial charge in [0.2, 0.25) is 5.91 Å². The first-order chi connectivity index (χ1) is 16.8. The summed E-state index contributed by atoms with van der Waals surface area (Å²) in [6.45, 7) is 1.53. The van der Waals surface area contributed by atoms with Gasteiger partial charge < -0.3 is 16.4 Å². The van der Waals surface area contributed by atoms with Crippen molar-refractivity contribution in [1.29, 1.82) is 0 Å². The number of nitrogens with zero attached hydrogens (tertiary/aromatic N) is 2. The van der Waals surface area contributed by atoms with Crippen LogP contribution in [-0.2, 0) is 33.9 Å². The van der Waals surface area contributed by atoms with Crippen LogP contribution in [0.4, 0.5) is 13.2 Å². The SMILES string of the molecule is C[C@H](N)C(=O)NCc1cccc(-n2nc(C(F)(F)F)cc2C(=O)NCc2ccc(S(C)(=O)=O)cc2)c1. The molecule has 13 heteroatoms. The highest BCUT2D eigenvalue weighted by Crippen LogP contribution is 2.29. The highest BCUT2D eigenvalue weighted by molar-refractivity contribution is 7.90. The lowest BCUT2D eigenvalue weighted by Gasteiger charge is -2.11. The van der Waals surface area contributed by atoms with E-state index in [-0.39, 0.29) is 29.4 Å². The number of halogens is 3. The second-order valence-corrected chi connectivity index (χ2v) is 10.1. The molecule has 3 rings (SSSR count). The fourth-order valence-corrected chi connectivity index (χ4v) is 3.78. The first kappa shape index (κ1) is 26.9. The summed E-state index contributed by atoms with van der Waals surface area (Å²) in [5.41, 5.74) is 5.19. The van der Waals surface area contributed by atoms with Crippen molar-refractivity contribution < 1.29 is 31.2 Å². The predicted octanol–water partition coefficient (Wildman–Crippen LogP) is 2.19. The lowest BCUT2D eigenvalue weighted by atomic mass is 10.2. The van der Waals surface area contributed by atoms with Crippen LogP contribution in [-0.4, -0.2) is 42.3 Å². The van der Waals surface area contributed by atoms with Crippen LogP contribution < -0.4 is 16.4 Å². The van der Waals surface area contributed by atoms with Gasteiger partial charge in [-0.2, -0.15) is 18.3 Å². The smallest absolute Gasteiger partial charge is 0.351 e. The second-order valence-electron chi connectivity index (χ2n) is 8.10. The van der Waals surface area contributed by atoms with Gasteiger partial charge >= 0.3 is 6.18 Å². The van der Waals surface area contributed by atoms with Crippen molar-refractivity contribution in [2.45, 2.75) is 37.1 Å². The van der Waals surface area contributed by atoms with E-state index < -0.39 is 39.6 Å². The molecule has 0 radical (unpaired) electrons.